The molecule has 0 atom stereocenters. The highest BCUT2D eigenvalue weighted by atomic mass is 16.5. The highest BCUT2D eigenvalue weighted by Crippen LogP contribution is 2.30. The van der Waals surface area contributed by atoms with E-state index in [0.717, 1.165) is 24.0 Å². The Labute approximate surface area is 220 Å². The first kappa shape index (κ1) is 27.8. The summed E-state index contributed by atoms with van der Waals surface area (Å²) in [5.74, 6) is 0.612. The summed E-state index contributed by atoms with van der Waals surface area (Å²) >= 11 is 0. The zero-order valence-electron chi connectivity index (χ0n) is 22.3. The number of ether oxygens (including phenoxy) is 2. The van der Waals surface area contributed by atoms with Gasteiger partial charge in [-0.1, -0.05) is 74.1 Å². The van der Waals surface area contributed by atoms with E-state index in [4.69, 9.17) is 9.47 Å². The minimum absolute atomic E-state index is 0.285. The highest BCUT2D eigenvalue weighted by Gasteiger charge is 2.21. The zero-order chi connectivity index (χ0) is 26.6. The van der Waals surface area contributed by atoms with Gasteiger partial charge in [-0.3, -0.25) is 9.59 Å². The molecule has 0 unspecified atom stereocenters. The summed E-state index contributed by atoms with van der Waals surface area (Å²) in [4.78, 5) is 26.3. The van der Waals surface area contributed by atoms with Gasteiger partial charge in [0.25, 0.3) is 11.8 Å². The van der Waals surface area contributed by atoms with E-state index >= 15 is 0 Å². The van der Waals surface area contributed by atoms with Gasteiger partial charge in [0.1, 0.15) is 6.17 Å². The molecule has 0 saturated heterocycles. The van der Waals surface area contributed by atoms with Crippen molar-refractivity contribution in [3.63, 3.8) is 0 Å². The Hall–Kier alpha value is -3.80. The fraction of sp³-hybridized carbons (Fsp3) is 0.355. The van der Waals surface area contributed by atoms with Crippen molar-refractivity contribution >= 4 is 11.8 Å². The Kier molecular flexibility index (Phi) is 10.6. The molecule has 2 amide bonds. The van der Waals surface area contributed by atoms with Gasteiger partial charge in [0, 0.05) is 11.1 Å². The maximum atomic E-state index is 13.1. The summed E-state index contributed by atoms with van der Waals surface area (Å²) in [5, 5.41) is 5.96. The average Bonchev–Trinajstić information content (AvgIpc) is 2.90. The standard InChI is InChI=1S/C31H38N2O4/c1-5-6-7-8-9-18-37-28-21-24(16-17-27(28)36-4)29(32-30(34)25-14-10-12-22(2)19-25)33-31(35)26-15-11-13-23(3)20-26/h10-17,19-21,29H,5-9,18H2,1-4H3,(H,32,34)(H,33,35). The van der Waals surface area contributed by atoms with Crippen LogP contribution in [0.15, 0.2) is 66.7 Å². The van der Waals surface area contributed by atoms with Crippen molar-refractivity contribution in [1.82, 2.24) is 10.6 Å². The summed E-state index contributed by atoms with van der Waals surface area (Å²) in [6.07, 6.45) is 4.89. The molecular weight excluding hydrogens is 464 g/mol. The number of methoxy groups -OCH3 is 1. The molecular formula is C31H38N2O4. The first-order valence-corrected chi connectivity index (χ1v) is 13.0. The molecule has 0 aliphatic heterocycles. The Morgan fingerprint density at radius 2 is 1.35 bits per heavy atom. The van der Waals surface area contributed by atoms with Crippen LogP contribution in [0.5, 0.6) is 11.5 Å². The van der Waals surface area contributed by atoms with E-state index < -0.39 is 6.17 Å². The molecule has 0 spiro atoms. The largest absolute Gasteiger partial charge is 0.493 e. The fourth-order valence-corrected chi connectivity index (χ4v) is 4.08. The van der Waals surface area contributed by atoms with Gasteiger partial charge in [-0.15, -0.1) is 0 Å². The number of aryl methyl sites for hydroxylation is 2. The maximum absolute atomic E-state index is 13.1. The quantitative estimate of drug-likeness (QED) is 0.206. The van der Waals surface area contributed by atoms with Gasteiger partial charge in [-0.05, 0) is 62.2 Å². The lowest BCUT2D eigenvalue weighted by atomic mass is 10.1. The van der Waals surface area contributed by atoms with Crippen molar-refractivity contribution < 1.29 is 19.1 Å². The monoisotopic (exact) mass is 502 g/mol. The van der Waals surface area contributed by atoms with E-state index in [1.807, 2.05) is 62.4 Å². The molecule has 2 N–H and O–H groups in total. The summed E-state index contributed by atoms with van der Waals surface area (Å²) in [6, 6.07) is 20.1. The lowest BCUT2D eigenvalue weighted by Crippen LogP contribution is -2.41. The summed E-state index contributed by atoms with van der Waals surface area (Å²) in [6.45, 7) is 6.63. The van der Waals surface area contributed by atoms with Crippen LogP contribution in [0, 0.1) is 13.8 Å². The molecule has 0 radical (unpaired) electrons. The first-order valence-electron chi connectivity index (χ1n) is 13.0. The predicted molar refractivity (Wildman–Crippen MR) is 147 cm³/mol. The summed E-state index contributed by atoms with van der Waals surface area (Å²) in [5.41, 5.74) is 3.68. The minimum Gasteiger partial charge on any atom is -0.493 e. The molecule has 0 aromatic heterocycles. The van der Waals surface area contributed by atoms with E-state index in [9.17, 15) is 9.59 Å². The van der Waals surface area contributed by atoms with Gasteiger partial charge in [0.05, 0.1) is 13.7 Å². The molecule has 0 saturated carbocycles. The van der Waals surface area contributed by atoms with E-state index in [2.05, 4.69) is 17.6 Å². The van der Waals surface area contributed by atoms with E-state index in [1.54, 1.807) is 25.3 Å². The number of unbranched alkanes of at least 4 members (excludes halogenated alkanes) is 4. The van der Waals surface area contributed by atoms with Gasteiger partial charge in [-0.2, -0.15) is 0 Å². The Bertz CT molecular complexity index is 1130. The number of carbonyl (C=O) groups is 2. The lowest BCUT2D eigenvalue weighted by molar-refractivity contribution is 0.0883. The zero-order valence-corrected chi connectivity index (χ0v) is 22.3. The number of amides is 2. The molecule has 0 bridgehead atoms. The molecule has 3 aromatic rings. The Morgan fingerprint density at radius 1 is 0.757 bits per heavy atom. The fourth-order valence-electron chi connectivity index (χ4n) is 4.08. The molecule has 0 heterocycles. The molecule has 6 heteroatoms. The number of rotatable bonds is 13. The van der Waals surface area contributed by atoms with Crippen molar-refractivity contribution in [3.8, 4) is 11.5 Å². The average molecular weight is 503 g/mol. The smallest absolute Gasteiger partial charge is 0.253 e. The third kappa shape index (κ3) is 8.38. The molecule has 0 aliphatic rings. The molecule has 0 fully saturated rings. The number of hydrogen-bond donors (Lipinski definition) is 2. The second kappa shape index (κ2) is 14.1. The Morgan fingerprint density at radius 3 is 1.89 bits per heavy atom. The van der Waals surface area contributed by atoms with Gasteiger partial charge < -0.3 is 20.1 Å². The normalized spacial score (nSPS) is 10.7. The maximum Gasteiger partial charge on any atom is 0.253 e. The molecule has 196 valence electrons. The van der Waals surface area contributed by atoms with Crippen LogP contribution >= 0.6 is 0 Å². The second-order valence-electron chi connectivity index (χ2n) is 9.29. The van der Waals surface area contributed by atoms with E-state index in [0.29, 0.717) is 34.8 Å². The number of nitrogens with one attached hydrogen (secondary N) is 2. The highest BCUT2D eigenvalue weighted by molar-refractivity contribution is 5.97. The number of benzene rings is 3. The van der Waals surface area contributed by atoms with Crippen LogP contribution in [0.2, 0.25) is 0 Å². The molecule has 0 aliphatic carbocycles. The van der Waals surface area contributed by atoms with E-state index in [1.165, 1.54) is 19.3 Å². The van der Waals surface area contributed by atoms with Crippen LogP contribution in [0.3, 0.4) is 0 Å². The molecule has 3 rings (SSSR count). The third-order valence-corrected chi connectivity index (χ3v) is 6.14. The SMILES string of the molecule is CCCCCCCOc1cc(C(NC(=O)c2cccc(C)c2)NC(=O)c2cccc(C)c2)ccc1OC. The topological polar surface area (TPSA) is 76.7 Å². The van der Waals surface area contributed by atoms with Crippen LogP contribution in [0.4, 0.5) is 0 Å². The third-order valence-electron chi connectivity index (χ3n) is 6.14. The van der Waals surface area contributed by atoms with Crippen LogP contribution in [0.25, 0.3) is 0 Å². The predicted octanol–water partition coefficient (Wildman–Crippen LogP) is 6.52. The Balaban J connectivity index is 1.84. The van der Waals surface area contributed by atoms with Crippen LogP contribution in [-0.4, -0.2) is 25.5 Å². The molecule has 6 nitrogen and oxygen atoms in total. The summed E-state index contributed by atoms with van der Waals surface area (Å²) in [7, 11) is 1.60. The second-order valence-corrected chi connectivity index (χ2v) is 9.29. The van der Waals surface area contributed by atoms with Crippen LogP contribution < -0.4 is 20.1 Å². The number of carbonyl (C=O) groups excluding carboxylic acids is 2. The van der Waals surface area contributed by atoms with Crippen LogP contribution in [0.1, 0.15) is 82.6 Å². The number of hydrogen-bond acceptors (Lipinski definition) is 4. The first-order chi connectivity index (χ1) is 17.9. The van der Waals surface area contributed by atoms with Crippen molar-refractivity contribution in [2.24, 2.45) is 0 Å². The van der Waals surface area contributed by atoms with Crippen molar-refractivity contribution in [1.29, 1.82) is 0 Å². The molecule has 37 heavy (non-hydrogen) atoms. The van der Waals surface area contributed by atoms with E-state index in [-0.39, 0.29) is 11.8 Å². The van der Waals surface area contributed by atoms with Crippen molar-refractivity contribution in [2.75, 3.05) is 13.7 Å². The van der Waals surface area contributed by atoms with Crippen LogP contribution in [-0.2, 0) is 0 Å². The van der Waals surface area contributed by atoms with Gasteiger partial charge >= 0.3 is 0 Å². The van der Waals surface area contributed by atoms with Gasteiger partial charge in [-0.25, -0.2) is 0 Å². The van der Waals surface area contributed by atoms with Gasteiger partial charge in [0.2, 0.25) is 0 Å². The lowest BCUT2D eigenvalue weighted by Gasteiger charge is -2.22. The molecule has 3 aromatic carbocycles. The van der Waals surface area contributed by atoms with Gasteiger partial charge in [0.15, 0.2) is 11.5 Å². The van der Waals surface area contributed by atoms with Crippen molar-refractivity contribution in [2.45, 2.75) is 59.0 Å². The summed E-state index contributed by atoms with van der Waals surface area (Å²) < 4.78 is 11.6. The minimum atomic E-state index is -0.779. The van der Waals surface area contributed by atoms with Crippen molar-refractivity contribution in [3.05, 3.63) is 94.5 Å².